The molecule has 0 heterocycles. The highest BCUT2D eigenvalue weighted by molar-refractivity contribution is 6.74. The number of carbonyl (C=O) groups excluding carboxylic acids is 1. The fraction of sp³-hybridized carbons (Fsp3) is 0.944. The first-order chi connectivity index (χ1) is 10.5. The van der Waals surface area contributed by atoms with Crippen LogP contribution in [0.5, 0.6) is 0 Å². The van der Waals surface area contributed by atoms with Gasteiger partial charge in [0.25, 0.3) is 0 Å². The molecule has 0 aromatic rings. The molecule has 0 aromatic carbocycles. The van der Waals surface area contributed by atoms with Crippen molar-refractivity contribution in [1.29, 1.82) is 0 Å². The summed E-state index contributed by atoms with van der Waals surface area (Å²) in [5.74, 6) is -0.189. The van der Waals surface area contributed by atoms with Gasteiger partial charge in [-0.3, -0.25) is 4.79 Å². The summed E-state index contributed by atoms with van der Waals surface area (Å²) >= 11 is 0. The summed E-state index contributed by atoms with van der Waals surface area (Å²) in [6, 6.07) is 0. The van der Waals surface area contributed by atoms with Gasteiger partial charge in [0.05, 0.1) is 19.8 Å². The van der Waals surface area contributed by atoms with Crippen molar-refractivity contribution in [2.75, 3.05) is 13.7 Å². The summed E-state index contributed by atoms with van der Waals surface area (Å²) < 4.78 is 17.7. The van der Waals surface area contributed by atoms with E-state index in [0.29, 0.717) is 19.4 Å². The molecule has 4 nitrogen and oxygen atoms in total. The van der Waals surface area contributed by atoms with Gasteiger partial charge in [0, 0.05) is 6.42 Å². The molecule has 24 heavy (non-hydrogen) atoms. The number of carbonyl (C=O) groups is 1. The minimum atomic E-state index is -1.91. The van der Waals surface area contributed by atoms with Crippen molar-refractivity contribution in [2.45, 2.75) is 96.8 Å². The summed E-state index contributed by atoms with van der Waals surface area (Å²) in [4.78, 5) is 11.5. The molecular formula is C18H40O4Si2. The van der Waals surface area contributed by atoms with Crippen LogP contribution in [0.4, 0.5) is 0 Å². The molecule has 0 fully saturated rings. The quantitative estimate of drug-likeness (QED) is 0.423. The van der Waals surface area contributed by atoms with Gasteiger partial charge < -0.3 is 13.6 Å². The molecule has 6 heteroatoms. The van der Waals surface area contributed by atoms with Crippen LogP contribution < -0.4 is 0 Å². The number of methoxy groups -OCH3 is 1. The second-order valence-electron chi connectivity index (χ2n) is 9.69. The lowest BCUT2D eigenvalue weighted by Crippen LogP contribution is -2.48. The molecule has 0 aliphatic rings. The third-order valence-electron chi connectivity index (χ3n) is 5.60. The van der Waals surface area contributed by atoms with Gasteiger partial charge in [-0.15, -0.1) is 0 Å². The van der Waals surface area contributed by atoms with E-state index in [2.05, 4.69) is 67.7 Å². The first kappa shape index (κ1) is 23.8. The van der Waals surface area contributed by atoms with E-state index >= 15 is 0 Å². The van der Waals surface area contributed by atoms with E-state index in [1.54, 1.807) is 0 Å². The first-order valence-corrected chi connectivity index (χ1v) is 14.7. The van der Waals surface area contributed by atoms with Gasteiger partial charge in [-0.2, -0.15) is 0 Å². The molecule has 0 amide bonds. The maximum absolute atomic E-state index is 11.5. The van der Waals surface area contributed by atoms with E-state index in [1.807, 2.05) is 0 Å². The first-order valence-electron chi connectivity index (χ1n) is 8.92. The highest BCUT2D eigenvalue weighted by atomic mass is 28.4. The molecule has 0 saturated heterocycles. The summed E-state index contributed by atoms with van der Waals surface area (Å²) in [6.45, 7) is 22.9. The van der Waals surface area contributed by atoms with Crippen molar-refractivity contribution < 1.29 is 18.4 Å². The number of hydrogen-bond donors (Lipinski definition) is 0. The zero-order chi connectivity index (χ0) is 19.4. The Morgan fingerprint density at radius 2 is 1.38 bits per heavy atom. The number of esters is 1. The lowest BCUT2D eigenvalue weighted by molar-refractivity contribution is -0.141. The van der Waals surface area contributed by atoms with E-state index in [0.717, 1.165) is 0 Å². The third kappa shape index (κ3) is 7.37. The van der Waals surface area contributed by atoms with E-state index in [4.69, 9.17) is 13.6 Å². The van der Waals surface area contributed by atoms with Gasteiger partial charge in [-0.05, 0) is 42.7 Å². The number of ether oxygens (including phenoxy) is 1. The second kappa shape index (κ2) is 8.47. The smallest absolute Gasteiger partial charge is 0.305 e. The van der Waals surface area contributed by atoms with Crippen molar-refractivity contribution in [3.8, 4) is 0 Å². The zero-order valence-electron chi connectivity index (χ0n) is 17.8. The van der Waals surface area contributed by atoms with Gasteiger partial charge in [0.15, 0.2) is 16.6 Å². The van der Waals surface area contributed by atoms with E-state index in [9.17, 15) is 4.79 Å². The van der Waals surface area contributed by atoms with Gasteiger partial charge in [-0.25, -0.2) is 0 Å². The van der Waals surface area contributed by atoms with Crippen LogP contribution in [0.3, 0.4) is 0 Å². The fourth-order valence-corrected chi connectivity index (χ4v) is 4.08. The highest BCUT2D eigenvalue weighted by Crippen LogP contribution is 2.39. The molecule has 0 aliphatic heterocycles. The minimum Gasteiger partial charge on any atom is -0.469 e. The summed E-state index contributed by atoms with van der Waals surface area (Å²) in [5.41, 5.74) is 0. The van der Waals surface area contributed by atoms with Crippen molar-refractivity contribution >= 4 is 22.6 Å². The van der Waals surface area contributed by atoms with Crippen LogP contribution in [0.2, 0.25) is 36.3 Å². The molecule has 0 N–H and O–H groups in total. The summed E-state index contributed by atoms with van der Waals surface area (Å²) in [6.07, 6.45) is 0.962. The van der Waals surface area contributed by atoms with Gasteiger partial charge in [0.1, 0.15) is 0 Å². The maximum atomic E-state index is 11.5. The topological polar surface area (TPSA) is 44.8 Å². The van der Waals surface area contributed by atoms with Crippen LogP contribution in [0.1, 0.15) is 54.4 Å². The van der Waals surface area contributed by atoms with Gasteiger partial charge >= 0.3 is 5.97 Å². The number of hydrogen-bond acceptors (Lipinski definition) is 4. The lowest BCUT2D eigenvalue weighted by atomic mass is 10.2. The molecule has 0 saturated carbocycles. The predicted molar refractivity (Wildman–Crippen MR) is 106 cm³/mol. The van der Waals surface area contributed by atoms with Crippen LogP contribution in [-0.4, -0.2) is 42.4 Å². The average Bonchev–Trinajstić information content (AvgIpc) is 2.38. The highest BCUT2D eigenvalue weighted by Gasteiger charge is 2.41. The molecule has 0 aliphatic carbocycles. The second-order valence-corrected chi connectivity index (χ2v) is 19.3. The molecule has 144 valence electrons. The van der Waals surface area contributed by atoms with Crippen LogP contribution >= 0.6 is 0 Å². The number of rotatable bonds is 8. The Labute approximate surface area is 151 Å². The molecule has 0 unspecified atom stereocenters. The monoisotopic (exact) mass is 376 g/mol. The van der Waals surface area contributed by atoms with Gasteiger partial charge in [-0.1, -0.05) is 41.5 Å². The average molecular weight is 377 g/mol. The maximum Gasteiger partial charge on any atom is 0.305 e. The minimum absolute atomic E-state index is 0.0564. The van der Waals surface area contributed by atoms with Crippen molar-refractivity contribution in [3.05, 3.63) is 0 Å². The lowest BCUT2D eigenvalue weighted by Gasteiger charge is -2.41. The van der Waals surface area contributed by atoms with E-state index in [1.165, 1.54) is 7.11 Å². The molecule has 0 spiro atoms. The summed E-state index contributed by atoms with van der Waals surface area (Å²) in [7, 11) is -2.31. The zero-order valence-corrected chi connectivity index (χ0v) is 19.8. The Balaban J connectivity index is 5.04. The van der Waals surface area contributed by atoms with Crippen molar-refractivity contribution in [2.24, 2.45) is 0 Å². The normalized spacial score (nSPS) is 15.3. The molecule has 0 aromatic heterocycles. The van der Waals surface area contributed by atoms with Gasteiger partial charge in [0.2, 0.25) is 0 Å². The Morgan fingerprint density at radius 3 is 1.75 bits per heavy atom. The third-order valence-corrected chi connectivity index (χ3v) is 14.6. The Morgan fingerprint density at radius 1 is 0.917 bits per heavy atom. The van der Waals surface area contributed by atoms with Crippen LogP contribution in [0.15, 0.2) is 0 Å². The predicted octanol–water partition coefficient (Wildman–Crippen LogP) is 5.35. The summed E-state index contributed by atoms with van der Waals surface area (Å²) in [5, 5.41) is 0.296. The molecule has 0 radical (unpaired) electrons. The van der Waals surface area contributed by atoms with Crippen LogP contribution in [0.25, 0.3) is 0 Å². The molecule has 0 rings (SSSR count). The van der Waals surface area contributed by atoms with E-state index < -0.39 is 16.6 Å². The molecular weight excluding hydrogens is 336 g/mol. The Bertz CT molecular complexity index is 406. The standard InChI is InChI=1S/C18H40O4Si2/c1-17(2,3)23(8,9)21-14-15(12-13-16(19)20-7)22-24(10,11)18(4,5)6/h15H,12-14H2,1-11H3/t15-/m0/s1. The van der Waals surface area contributed by atoms with Crippen LogP contribution in [-0.2, 0) is 18.4 Å². The SMILES string of the molecule is COC(=O)CC[C@@H](CO[Si](C)(C)C(C)(C)C)O[Si](C)(C)C(C)(C)C. The van der Waals surface area contributed by atoms with Crippen molar-refractivity contribution in [3.63, 3.8) is 0 Å². The largest absolute Gasteiger partial charge is 0.469 e. The van der Waals surface area contributed by atoms with E-state index in [-0.39, 0.29) is 22.1 Å². The Kier molecular flexibility index (Phi) is 8.41. The Hall–Kier alpha value is -0.176. The molecule has 1 atom stereocenters. The molecule has 0 bridgehead atoms. The van der Waals surface area contributed by atoms with Crippen LogP contribution in [0, 0.1) is 0 Å². The fourth-order valence-electron chi connectivity index (χ4n) is 1.67. The van der Waals surface area contributed by atoms with Crippen molar-refractivity contribution in [1.82, 2.24) is 0 Å².